The van der Waals surface area contributed by atoms with Crippen LogP contribution in [0.15, 0.2) is 48.5 Å². The van der Waals surface area contributed by atoms with Crippen molar-refractivity contribution in [3.8, 4) is 0 Å². The third-order valence-corrected chi connectivity index (χ3v) is 5.52. The van der Waals surface area contributed by atoms with Crippen LogP contribution in [0.4, 0.5) is 14.9 Å². The van der Waals surface area contributed by atoms with Crippen LogP contribution in [0.2, 0.25) is 5.02 Å². The van der Waals surface area contributed by atoms with Gasteiger partial charge in [-0.25, -0.2) is 9.18 Å². The third kappa shape index (κ3) is 6.68. The summed E-state index contributed by atoms with van der Waals surface area (Å²) in [5.41, 5.74) is 0.970. The van der Waals surface area contributed by atoms with E-state index in [2.05, 4.69) is 16.0 Å². The van der Waals surface area contributed by atoms with E-state index < -0.39 is 11.9 Å². The quantitative estimate of drug-likeness (QED) is 0.617. The molecule has 1 aliphatic heterocycles. The van der Waals surface area contributed by atoms with Gasteiger partial charge in [0.2, 0.25) is 11.8 Å². The standard InChI is InChI=1S/C23H26ClFN4O3/c1-15(30)26-21(13-16-5-2-3-8-20(16)25)22(31)27-18-9-11-29(12-10-18)23(32)28-19-7-4-6-17(24)14-19/h2-8,14,18,21H,9-13H2,1H3,(H,26,30)(H,27,31)(H,28,32)/t21-/m1/s1. The maximum Gasteiger partial charge on any atom is 0.321 e. The van der Waals surface area contributed by atoms with Gasteiger partial charge >= 0.3 is 6.03 Å². The second-order valence-electron chi connectivity index (χ2n) is 7.76. The molecule has 2 aromatic rings. The Morgan fingerprint density at radius 3 is 2.50 bits per heavy atom. The number of anilines is 1. The molecule has 170 valence electrons. The molecular formula is C23H26ClFN4O3. The van der Waals surface area contributed by atoms with Gasteiger partial charge in [0.05, 0.1) is 0 Å². The number of nitrogens with one attached hydrogen (secondary N) is 3. The lowest BCUT2D eigenvalue weighted by Gasteiger charge is -2.33. The highest BCUT2D eigenvalue weighted by Gasteiger charge is 2.27. The van der Waals surface area contributed by atoms with Crippen molar-refractivity contribution in [1.29, 1.82) is 0 Å². The average molecular weight is 461 g/mol. The number of urea groups is 1. The highest BCUT2D eigenvalue weighted by Crippen LogP contribution is 2.17. The SMILES string of the molecule is CC(=O)N[C@H](Cc1ccccc1F)C(=O)NC1CCN(C(=O)Nc2cccc(Cl)c2)CC1. The summed E-state index contributed by atoms with van der Waals surface area (Å²) in [6, 6.07) is 11.8. The summed E-state index contributed by atoms with van der Waals surface area (Å²) in [6.45, 7) is 2.25. The Labute approximate surface area is 191 Å². The number of benzene rings is 2. The first-order valence-corrected chi connectivity index (χ1v) is 10.8. The smallest absolute Gasteiger partial charge is 0.321 e. The lowest BCUT2D eigenvalue weighted by molar-refractivity contribution is -0.128. The van der Waals surface area contributed by atoms with Crippen LogP contribution in [-0.2, 0) is 16.0 Å². The molecule has 9 heteroatoms. The van der Waals surface area contributed by atoms with E-state index in [1.165, 1.54) is 13.0 Å². The summed E-state index contributed by atoms with van der Waals surface area (Å²) in [7, 11) is 0. The molecule has 0 unspecified atom stereocenters. The number of hydrogen-bond acceptors (Lipinski definition) is 3. The summed E-state index contributed by atoms with van der Waals surface area (Å²) in [4.78, 5) is 38.5. The number of carbonyl (C=O) groups is 3. The molecule has 1 saturated heterocycles. The Kier molecular flexibility index (Phi) is 8.05. The Bertz CT molecular complexity index is 979. The van der Waals surface area contributed by atoms with Crippen molar-refractivity contribution in [2.24, 2.45) is 0 Å². The van der Waals surface area contributed by atoms with Crippen molar-refractivity contribution in [2.45, 2.75) is 38.3 Å². The number of rotatable bonds is 6. The second kappa shape index (κ2) is 10.9. The Hall–Kier alpha value is -3.13. The van der Waals surface area contributed by atoms with Gasteiger partial charge < -0.3 is 20.9 Å². The zero-order valence-electron chi connectivity index (χ0n) is 17.7. The van der Waals surface area contributed by atoms with Gasteiger partial charge in [-0.2, -0.15) is 0 Å². The van der Waals surface area contributed by atoms with Crippen LogP contribution in [-0.4, -0.2) is 47.9 Å². The van der Waals surface area contributed by atoms with Crippen LogP contribution in [0.1, 0.15) is 25.3 Å². The van der Waals surface area contributed by atoms with Crippen LogP contribution < -0.4 is 16.0 Å². The highest BCUT2D eigenvalue weighted by molar-refractivity contribution is 6.30. The summed E-state index contributed by atoms with van der Waals surface area (Å²) in [5, 5.41) is 8.88. The normalized spacial score (nSPS) is 15.0. The molecule has 3 N–H and O–H groups in total. The summed E-state index contributed by atoms with van der Waals surface area (Å²) < 4.78 is 14.0. The van der Waals surface area contributed by atoms with Gasteiger partial charge in [0.25, 0.3) is 0 Å². The average Bonchev–Trinajstić information content (AvgIpc) is 2.75. The van der Waals surface area contributed by atoms with Gasteiger partial charge in [-0.15, -0.1) is 0 Å². The third-order valence-electron chi connectivity index (χ3n) is 5.28. The topological polar surface area (TPSA) is 90.5 Å². The molecule has 2 aromatic carbocycles. The Morgan fingerprint density at radius 2 is 1.84 bits per heavy atom. The predicted octanol–water partition coefficient (Wildman–Crippen LogP) is 3.34. The molecule has 1 fully saturated rings. The van der Waals surface area contributed by atoms with E-state index in [1.54, 1.807) is 47.4 Å². The summed E-state index contributed by atoms with van der Waals surface area (Å²) >= 11 is 5.95. The van der Waals surface area contributed by atoms with E-state index in [9.17, 15) is 18.8 Å². The van der Waals surface area contributed by atoms with Gasteiger partial charge in [0.15, 0.2) is 0 Å². The maximum absolute atomic E-state index is 14.0. The molecular weight excluding hydrogens is 435 g/mol. The number of carbonyl (C=O) groups excluding carboxylic acids is 3. The Balaban J connectivity index is 1.53. The molecule has 0 saturated carbocycles. The molecule has 0 radical (unpaired) electrons. The molecule has 4 amide bonds. The van der Waals surface area contributed by atoms with Crippen LogP contribution >= 0.6 is 11.6 Å². The lowest BCUT2D eigenvalue weighted by atomic mass is 10.0. The molecule has 1 aliphatic rings. The number of amides is 4. The van der Waals surface area contributed by atoms with Crippen molar-refractivity contribution in [2.75, 3.05) is 18.4 Å². The molecule has 3 rings (SSSR count). The minimum Gasteiger partial charge on any atom is -0.351 e. The highest BCUT2D eigenvalue weighted by atomic mass is 35.5. The van der Waals surface area contributed by atoms with E-state index in [4.69, 9.17) is 11.6 Å². The molecule has 1 heterocycles. The van der Waals surface area contributed by atoms with Crippen molar-refractivity contribution < 1.29 is 18.8 Å². The zero-order valence-corrected chi connectivity index (χ0v) is 18.5. The van der Waals surface area contributed by atoms with Crippen molar-refractivity contribution in [3.63, 3.8) is 0 Å². The number of likely N-dealkylation sites (tertiary alicyclic amines) is 1. The van der Waals surface area contributed by atoms with E-state index in [1.807, 2.05) is 0 Å². The Morgan fingerprint density at radius 1 is 1.12 bits per heavy atom. The first-order chi connectivity index (χ1) is 15.3. The second-order valence-corrected chi connectivity index (χ2v) is 8.20. The summed E-state index contributed by atoms with van der Waals surface area (Å²) in [5.74, 6) is -1.16. The fourth-order valence-electron chi connectivity index (χ4n) is 3.64. The molecule has 1 atom stereocenters. The van der Waals surface area contributed by atoms with Gasteiger partial charge in [0, 0.05) is 43.2 Å². The van der Waals surface area contributed by atoms with Crippen molar-refractivity contribution in [1.82, 2.24) is 15.5 Å². The molecule has 0 spiro atoms. The monoisotopic (exact) mass is 460 g/mol. The van der Waals surface area contributed by atoms with E-state index in [0.717, 1.165) is 0 Å². The van der Waals surface area contributed by atoms with Crippen molar-refractivity contribution >= 4 is 35.1 Å². The van der Waals surface area contributed by atoms with Crippen LogP contribution in [0.3, 0.4) is 0 Å². The molecule has 0 aliphatic carbocycles. The first kappa shape index (κ1) is 23.5. The fraction of sp³-hybridized carbons (Fsp3) is 0.348. The van der Waals surface area contributed by atoms with Gasteiger partial charge in [-0.05, 0) is 42.7 Å². The van der Waals surface area contributed by atoms with Crippen LogP contribution in [0.5, 0.6) is 0 Å². The molecule has 32 heavy (non-hydrogen) atoms. The summed E-state index contributed by atoms with van der Waals surface area (Å²) in [6.07, 6.45) is 1.20. The van der Waals surface area contributed by atoms with Gasteiger partial charge in [-0.3, -0.25) is 9.59 Å². The molecule has 7 nitrogen and oxygen atoms in total. The first-order valence-electron chi connectivity index (χ1n) is 10.4. The number of hydrogen-bond donors (Lipinski definition) is 3. The number of nitrogens with zero attached hydrogens (tertiary/aromatic N) is 1. The maximum atomic E-state index is 14.0. The molecule has 0 bridgehead atoms. The fourth-order valence-corrected chi connectivity index (χ4v) is 3.83. The van der Waals surface area contributed by atoms with E-state index in [-0.39, 0.29) is 30.3 Å². The minimum absolute atomic E-state index is 0.0545. The van der Waals surface area contributed by atoms with Crippen molar-refractivity contribution in [3.05, 3.63) is 64.9 Å². The van der Waals surface area contributed by atoms with E-state index in [0.29, 0.717) is 42.2 Å². The lowest BCUT2D eigenvalue weighted by Crippen LogP contribution is -2.53. The van der Waals surface area contributed by atoms with Crippen LogP contribution in [0.25, 0.3) is 0 Å². The largest absolute Gasteiger partial charge is 0.351 e. The predicted molar refractivity (Wildman–Crippen MR) is 121 cm³/mol. The van der Waals surface area contributed by atoms with E-state index >= 15 is 0 Å². The zero-order chi connectivity index (χ0) is 23.1. The van der Waals surface area contributed by atoms with Gasteiger partial charge in [-0.1, -0.05) is 35.9 Å². The van der Waals surface area contributed by atoms with Gasteiger partial charge in [0.1, 0.15) is 11.9 Å². The minimum atomic E-state index is -0.881. The number of piperidine rings is 1. The van der Waals surface area contributed by atoms with Crippen LogP contribution in [0, 0.1) is 5.82 Å². The molecule has 0 aromatic heterocycles. The number of halogens is 2.